The van der Waals surface area contributed by atoms with Crippen LogP contribution in [0.5, 0.6) is 0 Å². The maximum Gasteiger partial charge on any atom is 0.167 e. The molecule has 2 aromatic carbocycles. The van der Waals surface area contributed by atoms with Gasteiger partial charge in [0.1, 0.15) is 0 Å². The van der Waals surface area contributed by atoms with Crippen LogP contribution >= 0.6 is 34.8 Å². The van der Waals surface area contributed by atoms with Gasteiger partial charge in [0.25, 0.3) is 0 Å². The lowest BCUT2D eigenvalue weighted by atomic mass is 10.0. The number of Topliss-reactive ketones (excluding diaryl/α,β-unsaturated/α-hetero) is 1. The summed E-state index contributed by atoms with van der Waals surface area (Å²) < 4.78 is 0. The number of carbonyl (C=O) groups excluding carboxylic acids is 1. The Labute approximate surface area is 126 Å². The van der Waals surface area contributed by atoms with E-state index >= 15 is 0 Å². The highest BCUT2D eigenvalue weighted by Crippen LogP contribution is 2.27. The van der Waals surface area contributed by atoms with Crippen molar-refractivity contribution in [1.29, 1.82) is 0 Å². The van der Waals surface area contributed by atoms with Gasteiger partial charge < -0.3 is 5.73 Å². The first-order valence-electron chi connectivity index (χ1n) is 5.50. The maximum absolute atomic E-state index is 12.1. The molecule has 19 heavy (non-hydrogen) atoms. The molecule has 0 aliphatic rings. The monoisotopic (exact) mass is 313 g/mol. The second-order valence-corrected chi connectivity index (χ2v) is 5.24. The molecule has 2 nitrogen and oxygen atoms in total. The fourth-order valence-corrected chi connectivity index (χ4v) is 2.23. The van der Waals surface area contributed by atoms with Crippen molar-refractivity contribution in [2.24, 2.45) is 0 Å². The van der Waals surface area contributed by atoms with Crippen molar-refractivity contribution in [3.05, 3.63) is 62.6 Å². The van der Waals surface area contributed by atoms with Crippen LogP contribution in [0, 0.1) is 0 Å². The van der Waals surface area contributed by atoms with Gasteiger partial charge in [0.15, 0.2) is 5.78 Å². The van der Waals surface area contributed by atoms with Gasteiger partial charge in [-0.1, -0.05) is 46.9 Å². The number of anilines is 1. The smallest absolute Gasteiger partial charge is 0.167 e. The molecule has 0 amide bonds. The lowest BCUT2D eigenvalue weighted by Gasteiger charge is -2.06. The van der Waals surface area contributed by atoms with E-state index in [1.54, 1.807) is 36.4 Å². The number of nitrogens with two attached hydrogens (primary N) is 1. The van der Waals surface area contributed by atoms with E-state index < -0.39 is 0 Å². The van der Waals surface area contributed by atoms with E-state index in [1.807, 2.05) is 0 Å². The van der Waals surface area contributed by atoms with Crippen LogP contribution in [-0.4, -0.2) is 5.78 Å². The van der Waals surface area contributed by atoms with E-state index in [2.05, 4.69) is 0 Å². The van der Waals surface area contributed by atoms with E-state index in [0.717, 1.165) is 0 Å². The lowest BCUT2D eigenvalue weighted by Crippen LogP contribution is -2.04. The number of carbonyl (C=O) groups is 1. The summed E-state index contributed by atoms with van der Waals surface area (Å²) in [6, 6.07) is 10.0. The molecule has 0 aromatic heterocycles. The number of nitrogen functional groups attached to an aromatic ring is 1. The van der Waals surface area contributed by atoms with Crippen LogP contribution in [0.25, 0.3) is 0 Å². The predicted octanol–water partition coefficient (Wildman–Crippen LogP) is 4.65. The molecule has 2 aromatic rings. The van der Waals surface area contributed by atoms with Gasteiger partial charge in [0.2, 0.25) is 0 Å². The molecule has 0 radical (unpaired) electrons. The normalized spacial score (nSPS) is 10.5. The van der Waals surface area contributed by atoms with E-state index in [1.165, 1.54) is 0 Å². The third-order valence-electron chi connectivity index (χ3n) is 2.71. The minimum atomic E-state index is -0.0916. The fraction of sp³-hybridized carbons (Fsp3) is 0.0714. The molecule has 0 heterocycles. The largest absolute Gasteiger partial charge is 0.398 e. The van der Waals surface area contributed by atoms with E-state index in [4.69, 9.17) is 40.5 Å². The van der Waals surface area contributed by atoms with Crippen LogP contribution in [-0.2, 0) is 6.42 Å². The van der Waals surface area contributed by atoms with E-state index in [0.29, 0.717) is 31.9 Å². The summed E-state index contributed by atoms with van der Waals surface area (Å²) in [7, 11) is 0. The first-order valence-corrected chi connectivity index (χ1v) is 6.63. The number of halogens is 3. The van der Waals surface area contributed by atoms with Gasteiger partial charge in [-0.2, -0.15) is 0 Å². The molecule has 0 fully saturated rings. The number of rotatable bonds is 3. The summed E-state index contributed by atoms with van der Waals surface area (Å²) in [5.74, 6) is -0.0916. The van der Waals surface area contributed by atoms with Gasteiger partial charge in [-0.3, -0.25) is 4.79 Å². The Morgan fingerprint density at radius 1 is 1.05 bits per heavy atom. The minimum Gasteiger partial charge on any atom is -0.398 e. The molecular weight excluding hydrogens is 305 g/mol. The number of hydrogen-bond acceptors (Lipinski definition) is 2. The Kier molecular flexibility index (Phi) is 4.35. The van der Waals surface area contributed by atoms with Gasteiger partial charge in [0.05, 0.1) is 20.8 Å². The van der Waals surface area contributed by atoms with Gasteiger partial charge in [0, 0.05) is 12.0 Å². The van der Waals surface area contributed by atoms with Crippen LogP contribution in [0.4, 0.5) is 5.69 Å². The summed E-state index contributed by atoms with van der Waals surface area (Å²) >= 11 is 17.9. The topological polar surface area (TPSA) is 43.1 Å². The van der Waals surface area contributed by atoms with Crippen LogP contribution in [0.1, 0.15) is 15.9 Å². The zero-order chi connectivity index (χ0) is 14.0. The SMILES string of the molecule is Nc1ccc(C(=O)Cc2cccc(Cl)c2Cl)cc1Cl. The lowest BCUT2D eigenvalue weighted by molar-refractivity contribution is 0.0993. The van der Waals surface area contributed by atoms with Crippen molar-refractivity contribution < 1.29 is 4.79 Å². The Bertz CT molecular complexity index is 641. The zero-order valence-corrected chi connectivity index (χ0v) is 12.1. The number of hydrogen-bond donors (Lipinski definition) is 1. The van der Waals surface area contributed by atoms with Gasteiger partial charge in [-0.25, -0.2) is 0 Å². The molecule has 0 saturated carbocycles. The second-order valence-electron chi connectivity index (χ2n) is 4.05. The van der Waals surface area contributed by atoms with Crippen molar-refractivity contribution in [2.75, 3.05) is 5.73 Å². The van der Waals surface area contributed by atoms with Gasteiger partial charge in [-0.15, -0.1) is 0 Å². The molecule has 0 bridgehead atoms. The first-order chi connectivity index (χ1) is 8.99. The highest BCUT2D eigenvalue weighted by Gasteiger charge is 2.12. The molecule has 2 N–H and O–H groups in total. The quantitative estimate of drug-likeness (QED) is 0.661. The fourth-order valence-electron chi connectivity index (χ4n) is 1.66. The molecule has 0 saturated heterocycles. The van der Waals surface area contributed by atoms with Gasteiger partial charge in [-0.05, 0) is 29.8 Å². The minimum absolute atomic E-state index is 0.0916. The molecule has 0 aliphatic heterocycles. The summed E-state index contributed by atoms with van der Waals surface area (Å²) in [6.45, 7) is 0. The predicted molar refractivity (Wildman–Crippen MR) is 80.4 cm³/mol. The molecule has 2 rings (SSSR count). The van der Waals surface area contributed by atoms with Crippen molar-refractivity contribution in [2.45, 2.75) is 6.42 Å². The Hall–Kier alpha value is -1.22. The Morgan fingerprint density at radius 2 is 1.79 bits per heavy atom. The van der Waals surface area contributed by atoms with Crippen LogP contribution in [0.15, 0.2) is 36.4 Å². The molecular formula is C14H10Cl3NO. The Morgan fingerprint density at radius 3 is 2.47 bits per heavy atom. The number of benzene rings is 2. The van der Waals surface area contributed by atoms with Gasteiger partial charge >= 0.3 is 0 Å². The van der Waals surface area contributed by atoms with E-state index in [9.17, 15) is 4.79 Å². The average Bonchev–Trinajstić information content (AvgIpc) is 2.38. The van der Waals surface area contributed by atoms with Crippen LogP contribution in [0.2, 0.25) is 15.1 Å². The third-order valence-corrected chi connectivity index (χ3v) is 3.89. The second kappa shape index (κ2) is 5.83. The van der Waals surface area contributed by atoms with Crippen LogP contribution < -0.4 is 5.73 Å². The molecule has 0 aliphatic carbocycles. The number of ketones is 1. The zero-order valence-electron chi connectivity index (χ0n) is 9.79. The first kappa shape index (κ1) is 14.2. The van der Waals surface area contributed by atoms with Crippen molar-refractivity contribution in [3.63, 3.8) is 0 Å². The Balaban J connectivity index is 2.26. The van der Waals surface area contributed by atoms with Crippen molar-refractivity contribution in [3.8, 4) is 0 Å². The molecule has 0 atom stereocenters. The summed E-state index contributed by atoms with van der Waals surface area (Å²) in [6.07, 6.45) is 0.166. The summed E-state index contributed by atoms with van der Waals surface area (Å²) in [4.78, 5) is 12.1. The molecule has 98 valence electrons. The maximum atomic E-state index is 12.1. The standard InChI is InChI=1S/C14H10Cl3NO/c15-10-3-1-2-9(14(10)17)7-13(19)8-4-5-12(18)11(16)6-8/h1-6H,7,18H2. The van der Waals surface area contributed by atoms with Crippen molar-refractivity contribution in [1.82, 2.24) is 0 Å². The van der Waals surface area contributed by atoms with Crippen molar-refractivity contribution >= 4 is 46.3 Å². The summed E-state index contributed by atoms with van der Waals surface area (Å²) in [5, 5.41) is 1.20. The molecule has 0 spiro atoms. The molecule has 0 unspecified atom stereocenters. The summed E-state index contributed by atoms with van der Waals surface area (Å²) in [5.41, 5.74) is 7.23. The van der Waals surface area contributed by atoms with Crippen LogP contribution in [0.3, 0.4) is 0 Å². The highest BCUT2D eigenvalue weighted by molar-refractivity contribution is 6.42. The highest BCUT2D eigenvalue weighted by atomic mass is 35.5. The van der Waals surface area contributed by atoms with E-state index in [-0.39, 0.29) is 12.2 Å². The third kappa shape index (κ3) is 3.21. The molecule has 5 heteroatoms. The average molecular weight is 315 g/mol.